The molecule has 0 aromatic heterocycles. The first-order chi connectivity index (χ1) is 9.17. The van der Waals surface area contributed by atoms with Gasteiger partial charge in [-0.1, -0.05) is 65.3 Å². The summed E-state index contributed by atoms with van der Waals surface area (Å²) in [4.78, 5) is 5.71. The Morgan fingerprint density at radius 2 is 1.68 bits per heavy atom. The lowest BCUT2D eigenvalue weighted by Gasteiger charge is -2.21. The molecule has 1 atom stereocenters. The standard InChI is InChI=1S/C17H17NO/c1-13-8-10-14(11-9-13)16-12-17(2,19-18-16)15-6-4-3-5-7-15/h3-11H,12H2,1-2H3. The zero-order valence-electron chi connectivity index (χ0n) is 11.3. The topological polar surface area (TPSA) is 21.6 Å². The minimum Gasteiger partial charge on any atom is -0.384 e. The first-order valence-corrected chi connectivity index (χ1v) is 6.55. The molecule has 2 heteroatoms. The predicted molar refractivity (Wildman–Crippen MR) is 77.2 cm³/mol. The number of hydrogen-bond acceptors (Lipinski definition) is 2. The summed E-state index contributed by atoms with van der Waals surface area (Å²) in [6.07, 6.45) is 0.806. The van der Waals surface area contributed by atoms with Crippen molar-refractivity contribution in [3.8, 4) is 0 Å². The van der Waals surface area contributed by atoms with Gasteiger partial charge in [-0.15, -0.1) is 0 Å². The summed E-state index contributed by atoms with van der Waals surface area (Å²) < 4.78 is 0. The normalized spacial score (nSPS) is 21.9. The Bertz CT molecular complexity index is 601. The molecule has 3 rings (SSSR count). The van der Waals surface area contributed by atoms with Crippen LogP contribution in [0.1, 0.15) is 30.0 Å². The molecule has 2 nitrogen and oxygen atoms in total. The number of nitrogens with zero attached hydrogens (tertiary/aromatic N) is 1. The second-order valence-electron chi connectivity index (χ2n) is 5.27. The van der Waals surface area contributed by atoms with E-state index in [0.29, 0.717) is 0 Å². The summed E-state index contributed by atoms with van der Waals surface area (Å²) in [5.41, 5.74) is 4.24. The average molecular weight is 251 g/mol. The Morgan fingerprint density at radius 1 is 1.00 bits per heavy atom. The summed E-state index contributed by atoms with van der Waals surface area (Å²) in [7, 11) is 0. The molecule has 1 unspecified atom stereocenters. The van der Waals surface area contributed by atoms with Crippen LogP contribution in [0.25, 0.3) is 0 Å². The van der Waals surface area contributed by atoms with Gasteiger partial charge in [0.05, 0.1) is 5.71 Å². The van der Waals surface area contributed by atoms with E-state index in [1.807, 2.05) is 18.2 Å². The van der Waals surface area contributed by atoms with Gasteiger partial charge in [0.1, 0.15) is 0 Å². The van der Waals surface area contributed by atoms with Crippen LogP contribution in [-0.2, 0) is 10.4 Å². The third-order valence-corrected chi connectivity index (χ3v) is 3.63. The van der Waals surface area contributed by atoms with Crippen molar-refractivity contribution < 1.29 is 4.84 Å². The molecule has 0 spiro atoms. The van der Waals surface area contributed by atoms with Crippen LogP contribution in [0.2, 0.25) is 0 Å². The van der Waals surface area contributed by atoms with Crippen LogP contribution in [0.4, 0.5) is 0 Å². The molecule has 2 aromatic carbocycles. The maximum absolute atomic E-state index is 5.71. The number of benzene rings is 2. The fraction of sp³-hybridized carbons (Fsp3) is 0.235. The smallest absolute Gasteiger partial charge is 0.165 e. The molecule has 1 heterocycles. The zero-order chi connectivity index (χ0) is 13.3. The molecule has 1 aliphatic heterocycles. The first kappa shape index (κ1) is 12.0. The number of aryl methyl sites for hydroxylation is 1. The molecule has 0 amide bonds. The average Bonchev–Trinajstić information content (AvgIpc) is 2.85. The Hall–Kier alpha value is -2.09. The molecule has 0 aliphatic carbocycles. The third-order valence-electron chi connectivity index (χ3n) is 3.63. The Balaban J connectivity index is 1.85. The first-order valence-electron chi connectivity index (χ1n) is 6.55. The molecule has 0 N–H and O–H groups in total. The molecule has 0 radical (unpaired) electrons. The van der Waals surface area contributed by atoms with E-state index in [1.54, 1.807) is 0 Å². The van der Waals surface area contributed by atoms with Crippen molar-refractivity contribution in [1.82, 2.24) is 0 Å². The molecule has 96 valence electrons. The summed E-state index contributed by atoms with van der Waals surface area (Å²) in [5.74, 6) is 0. The lowest BCUT2D eigenvalue weighted by atomic mass is 9.89. The highest BCUT2D eigenvalue weighted by Gasteiger charge is 2.36. The second kappa shape index (κ2) is 4.54. The van der Waals surface area contributed by atoms with E-state index < -0.39 is 0 Å². The van der Waals surface area contributed by atoms with E-state index in [0.717, 1.165) is 17.7 Å². The van der Waals surface area contributed by atoms with E-state index in [9.17, 15) is 0 Å². The van der Waals surface area contributed by atoms with Crippen LogP contribution in [0.5, 0.6) is 0 Å². The summed E-state index contributed by atoms with van der Waals surface area (Å²) >= 11 is 0. The number of rotatable bonds is 2. The summed E-state index contributed by atoms with van der Waals surface area (Å²) in [5, 5.41) is 4.28. The van der Waals surface area contributed by atoms with Crippen molar-refractivity contribution in [2.45, 2.75) is 25.9 Å². The van der Waals surface area contributed by atoms with Gasteiger partial charge in [0.15, 0.2) is 5.60 Å². The van der Waals surface area contributed by atoms with Gasteiger partial charge in [-0.3, -0.25) is 0 Å². The highest BCUT2D eigenvalue weighted by Crippen LogP contribution is 2.35. The summed E-state index contributed by atoms with van der Waals surface area (Å²) in [6.45, 7) is 4.18. The Labute approximate surface area is 113 Å². The van der Waals surface area contributed by atoms with Crippen LogP contribution in [0.15, 0.2) is 59.8 Å². The lowest BCUT2D eigenvalue weighted by Crippen LogP contribution is -2.21. The van der Waals surface area contributed by atoms with Crippen LogP contribution >= 0.6 is 0 Å². The fourth-order valence-corrected chi connectivity index (χ4v) is 2.39. The van der Waals surface area contributed by atoms with Gasteiger partial charge in [-0.05, 0) is 25.0 Å². The van der Waals surface area contributed by atoms with Crippen LogP contribution < -0.4 is 0 Å². The van der Waals surface area contributed by atoms with Gasteiger partial charge in [-0.25, -0.2) is 0 Å². The van der Waals surface area contributed by atoms with E-state index in [4.69, 9.17) is 4.84 Å². The van der Waals surface area contributed by atoms with Gasteiger partial charge in [0, 0.05) is 6.42 Å². The minimum atomic E-state index is -0.346. The SMILES string of the molecule is Cc1ccc(C2=NOC(C)(c3ccccc3)C2)cc1. The molecule has 19 heavy (non-hydrogen) atoms. The Kier molecular flexibility index (Phi) is 2.86. The third kappa shape index (κ3) is 2.26. The molecule has 0 saturated carbocycles. The zero-order valence-corrected chi connectivity index (χ0v) is 11.3. The van der Waals surface area contributed by atoms with Crippen molar-refractivity contribution in [3.63, 3.8) is 0 Å². The highest BCUT2D eigenvalue weighted by molar-refractivity contribution is 6.01. The van der Waals surface area contributed by atoms with Crippen LogP contribution in [0, 0.1) is 6.92 Å². The second-order valence-corrected chi connectivity index (χ2v) is 5.27. The Morgan fingerprint density at radius 3 is 2.37 bits per heavy atom. The van der Waals surface area contributed by atoms with Crippen molar-refractivity contribution in [3.05, 3.63) is 71.3 Å². The van der Waals surface area contributed by atoms with Gasteiger partial charge in [0.25, 0.3) is 0 Å². The van der Waals surface area contributed by atoms with Gasteiger partial charge < -0.3 is 4.84 Å². The van der Waals surface area contributed by atoms with E-state index in [2.05, 4.69) is 55.4 Å². The number of hydrogen-bond donors (Lipinski definition) is 0. The predicted octanol–water partition coefficient (Wildman–Crippen LogP) is 4.03. The highest BCUT2D eigenvalue weighted by atomic mass is 16.7. The molecule has 0 fully saturated rings. The molecule has 1 aliphatic rings. The van der Waals surface area contributed by atoms with E-state index >= 15 is 0 Å². The van der Waals surface area contributed by atoms with Crippen molar-refractivity contribution in [2.24, 2.45) is 5.16 Å². The van der Waals surface area contributed by atoms with E-state index in [1.165, 1.54) is 11.1 Å². The maximum Gasteiger partial charge on any atom is 0.165 e. The van der Waals surface area contributed by atoms with Crippen molar-refractivity contribution in [1.29, 1.82) is 0 Å². The number of oxime groups is 1. The fourth-order valence-electron chi connectivity index (χ4n) is 2.39. The molecule has 2 aromatic rings. The maximum atomic E-state index is 5.71. The monoisotopic (exact) mass is 251 g/mol. The van der Waals surface area contributed by atoms with Crippen LogP contribution in [-0.4, -0.2) is 5.71 Å². The molecule has 0 saturated heterocycles. The van der Waals surface area contributed by atoms with Gasteiger partial charge >= 0.3 is 0 Å². The van der Waals surface area contributed by atoms with Gasteiger partial charge in [0.2, 0.25) is 0 Å². The summed E-state index contributed by atoms with van der Waals surface area (Å²) in [6, 6.07) is 18.7. The largest absolute Gasteiger partial charge is 0.384 e. The molecular weight excluding hydrogens is 234 g/mol. The lowest BCUT2D eigenvalue weighted by molar-refractivity contribution is -0.00738. The molecular formula is C17H17NO. The van der Waals surface area contributed by atoms with Crippen molar-refractivity contribution >= 4 is 5.71 Å². The molecule has 0 bridgehead atoms. The van der Waals surface area contributed by atoms with E-state index in [-0.39, 0.29) is 5.60 Å². The minimum absolute atomic E-state index is 0.346. The quantitative estimate of drug-likeness (QED) is 0.789. The van der Waals surface area contributed by atoms with Crippen molar-refractivity contribution in [2.75, 3.05) is 0 Å². The van der Waals surface area contributed by atoms with Gasteiger partial charge in [-0.2, -0.15) is 0 Å². The van der Waals surface area contributed by atoms with Crippen LogP contribution in [0.3, 0.4) is 0 Å².